The van der Waals surface area contributed by atoms with E-state index in [2.05, 4.69) is 4.13 Å². The van der Waals surface area contributed by atoms with E-state index >= 15 is 0 Å². The van der Waals surface area contributed by atoms with Gasteiger partial charge in [0.2, 0.25) is 10.3 Å². The van der Waals surface area contributed by atoms with Crippen LogP contribution < -0.4 is 0 Å². The van der Waals surface area contributed by atoms with Crippen molar-refractivity contribution in [2.45, 2.75) is 44.1 Å². The molecule has 0 atom stereocenters. The van der Waals surface area contributed by atoms with E-state index in [0.29, 0.717) is 17.8 Å². The lowest BCUT2D eigenvalue weighted by molar-refractivity contribution is -0.103. The number of nitrogens with zero attached hydrogens (tertiary/aromatic N) is 1. The molecule has 0 aromatic rings. The van der Waals surface area contributed by atoms with Gasteiger partial charge in [-0.25, -0.2) is 16.8 Å². The second-order valence-electron chi connectivity index (χ2n) is 6.42. The molecule has 0 saturated heterocycles. The molecule has 0 radical (unpaired) electrons. The van der Waals surface area contributed by atoms with Crippen LogP contribution in [0.3, 0.4) is 0 Å². The van der Waals surface area contributed by atoms with Crippen molar-refractivity contribution >= 4 is 20.3 Å². The van der Waals surface area contributed by atoms with Crippen LogP contribution in [0.4, 0.5) is 0 Å². The molecule has 0 aromatic carbocycles. The highest BCUT2D eigenvalue weighted by Gasteiger charge is 2.53. The fourth-order valence-electron chi connectivity index (χ4n) is 4.54. The quantitative estimate of drug-likeness (QED) is 0.785. The minimum absolute atomic E-state index is 0.527. The van der Waals surface area contributed by atoms with E-state index in [9.17, 15) is 16.8 Å². The zero-order valence-electron chi connectivity index (χ0n) is 10.8. The molecule has 4 aliphatic rings. The van der Waals surface area contributed by atoms with Gasteiger partial charge < -0.3 is 4.13 Å². The van der Waals surface area contributed by atoms with Crippen molar-refractivity contribution in [2.24, 2.45) is 17.8 Å². The van der Waals surface area contributed by atoms with Gasteiger partial charge in [-0.3, -0.25) is 4.18 Å². The first kappa shape index (κ1) is 13.8. The Morgan fingerprint density at radius 1 is 0.947 bits per heavy atom. The molecule has 4 rings (SSSR count). The van der Waals surface area contributed by atoms with Gasteiger partial charge in [-0.1, -0.05) is 0 Å². The molecule has 0 unspecified atom stereocenters. The monoisotopic (exact) mass is 308 g/mol. The summed E-state index contributed by atoms with van der Waals surface area (Å²) in [7, 11) is -8.32. The van der Waals surface area contributed by atoms with Crippen molar-refractivity contribution in [3.63, 3.8) is 0 Å². The summed E-state index contributed by atoms with van der Waals surface area (Å²) in [6.45, 7) is 0. The van der Waals surface area contributed by atoms with Crippen molar-refractivity contribution < 1.29 is 21.0 Å². The molecule has 0 N–H and O–H groups in total. The van der Waals surface area contributed by atoms with Crippen LogP contribution in [0.15, 0.2) is 0 Å². The standard InChI is InChI=1S/C11H18NO5S2/c1-18(13,14)12-19(15,16)17-11-5-8-2-9(6-11)4-10(3-8)7-11/h8-10H,2-7H2,1H3/q-1. The number of rotatable bonds is 4. The second-order valence-corrected chi connectivity index (χ2v) is 9.50. The summed E-state index contributed by atoms with van der Waals surface area (Å²) in [5.74, 6) is 1.58. The summed E-state index contributed by atoms with van der Waals surface area (Å²) in [4.78, 5) is 0. The number of hydrogen-bond acceptors (Lipinski definition) is 5. The van der Waals surface area contributed by atoms with Crippen LogP contribution in [0, 0.1) is 17.8 Å². The fraction of sp³-hybridized carbons (Fsp3) is 1.00. The van der Waals surface area contributed by atoms with Crippen molar-refractivity contribution in [1.29, 1.82) is 0 Å². The van der Waals surface area contributed by atoms with Crippen LogP contribution in [-0.2, 0) is 24.5 Å². The molecule has 0 spiro atoms. The summed E-state index contributed by atoms with van der Waals surface area (Å²) in [6.07, 6.45) is 6.39. The Morgan fingerprint density at radius 3 is 1.74 bits per heavy atom. The third-order valence-electron chi connectivity index (χ3n) is 4.49. The first-order valence-electron chi connectivity index (χ1n) is 6.55. The Morgan fingerprint density at radius 2 is 1.37 bits per heavy atom. The van der Waals surface area contributed by atoms with E-state index in [-0.39, 0.29) is 0 Å². The Hall–Kier alpha value is -0.180. The Labute approximate surface area is 114 Å². The molecule has 0 amide bonds. The summed E-state index contributed by atoms with van der Waals surface area (Å²) >= 11 is 0. The maximum absolute atomic E-state index is 11.8. The molecule has 110 valence electrons. The van der Waals surface area contributed by atoms with E-state index in [1.54, 1.807) is 0 Å². The lowest BCUT2D eigenvalue weighted by atomic mass is 9.54. The zero-order valence-corrected chi connectivity index (χ0v) is 12.4. The Kier molecular flexibility index (Phi) is 3.02. The van der Waals surface area contributed by atoms with E-state index in [0.717, 1.165) is 44.8 Å². The van der Waals surface area contributed by atoms with Gasteiger partial charge in [-0.15, -0.1) is 0 Å². The fourth-order valence-corrected chi connectivity index (χ4v) is 6.64. The summed E-state index contributed by atoms with van der Waals surface area (Å²) in [6, 6.07) is 0. The molecule has 0 heterocycles. The third kappa shape index (κ3) is 2.96. The largest absolute Gasteiger partial charge is 0.412 e. The van der Waals surface area contributed by atoms with Crippen LogP contribution in [0.1, 0.15) is 38.5 Å². The zero-order chi connectivity index (χ0) is 13.9. The normalized spacial score (nSPS) is 41.6. The number of hydrogen-bond donors (Lipinski definition) is 0. The van der Waals surface area contributed by atoms with E-state index in [4.69, 9.17) is 4.18 Å². The van der Waals surface area contributed by atoms with Crippen LogP contribution in [0.2, 0.25) is 0 Å². The van der Waals surface area contributed by atoms with Crippen molar-refractivity contribution in [1.82, 2.24) is 0 Å². The van der Waals surface area contributed by atoms with Crippen molar-refractivity contribution in [3.05, 3.63) is 4.13 Å². The molecule has 8 heteroatoms. The van der Waals surface area contributed by atoms with Gasteiger partial charge in [0.1, 0.15) is 0 Å². The van der Waals surface area contributed by atoms with E-state index in [1.807, 2.05) is 0 Å². The molecule has 4 fully saturated rings. The van der Waals surface area contributed by atoms with Gasteiger partial charge in [0, 0.05) is 6.26 Å². The average molecular weight is 308 g/mol. The van der Waals surface area contributed by atoms with Crippen LogP contribution in [-0.4, -0.2) is 28.7 Å². The summed E-state index contributed by atoms with van der Waals surface area (Å²) in [5.41, 5.74) is -0.693. The SMILES string of the molecule is CS(=O)(=O)[N-]S(=O)(=O)OC12CC3CC(CC(C3)C1)C2. The summed E-state index contributed by atoms with van der Waals surface area (Å²) in [5, 5.41) is 0. The molecule has 6 nitrogen and oxygen atoms in total. The molecule has 0 aromatic heterocycles. The highest BCUT2D eigenvalue weighted by Crippen LogP contribution is 2.57. The predicted molar refractivity (Wildman–Crippen MR) is 69.1 cm³/mol. The van der Waals surface area contributed by atoms with Crippen LogP contribution in [0.25, 0.3) is 4.13 Å². The summed E-state index contributed by atoms with van der Waals surface area (Å²) < 4.78 is 53.6. The molecule has 0 aliphatic heterocycles. The molecule has 4 saturated carbocycles. The first-order valence-corrected chi connectivity index (χ1v) is 9.76. The highest BCUT2D eigenvalue weighted by atomic mass is 32.3. The Bertz CT molecular complexity index is 545. The van der Waals surface area contributed by atoms with Gasteiger partial charge in [-0.2, -0.15) is 0 Å². The van der Waals surface area contributed by atoms with Gasteiger partial charge in [0.15, 0.2) is 0 Å². The predicted octanol–water partition coefficient (Wildman–Crippen LogP) is 1.55. The van der Waals surface area contributed by atoms with Gasteiger partial charge in [0.25, 0.3) is 0 Å². The highest BCUT2D eigenvalue weighted by molar-refractivity contribution is 8.09. The van der Waals surface area contributed by atoms with E-state index < -0.39 is 25.9 Å². The molecule has 4 bridgehead atoms. The number of sulfonamides is 1. The molecule has 4 aliphatic carbocycles. The van der Waals surface area contributed by atoms with Gasteiger partial charge in [-0.05, 0) is 56.3 Å². The lowest BCUT2D eigenvalue weighted by Gasteiger charge is -2.56. The topological polar surface area (TPSA) is 91.6 Å². The molecular weight excluding hydrogens is 290 g/mol. The average Bonchev–Trinajstić information content (AvgIpc) is 2.06. The minimum atomic E-state index is -4.36. The van der Waals surface area contributed by atoms with Crippen LogP contribution in [0.5, 0.6) is 0 Å². The Balaban J connectivity index is 1.80. The molecular formula is C11H18NO5S2-. The minimum Gasteiger partial charge on any atom is -0.412 e. The van der Waals surface area contributed by atoms with Crippen molar-refractivity contribution in [3.8, 4) is 0 Å². The lowest BCUT2D eigenvalue weighted by Crippen LogP contribution is -2.52. The van der Waals surface area contributed by atoms with Gasteiger partial charge in [0.05, 0.1) is 15.6 Å². The van der Waals surface area contributed by atoms with Crippen molar-refractivity contribution in [2.75, 3.05) is 6.26 Å². The maximum atomic E-state index is 11.8. The second kappa shape index (κ2) is 4.16. The third-order valence-corrected chi connectivity index (χ3v) is 6.87. The maximum Gasteiger partial charge on any atom is 0.202 e. The first-order chi connectivity index (χ1) is 8.65. The van der Waals surface area contributed by atoms with E-state index in [1.165, 1.54) is 0 Å². The van der Waals surface area contributed by atoms with Gasteiger partial charge >= 0.3 is 0 Å². The molecule has 19 heavy (non-hydrogen) atoms. The van der Waals surface area contributed by atoms with Crippen LogP contribution >= 0.6 is 0 Å². The smallest absolute Gasteiger partial charge is 0.202 e.